The molecule has 0 aliphatic carbocycles. The van der Waals surface area contributed by atoms with E-state index in [1.165, 1.54) is 11.8 Å². The average molecular weight is 414 g/mol. The highest BCUT2D eigenvalue weighted by atomic mass is 32.2. The molecule has 0 aliphatic rings. The molecule has 1 atom stereocenters. The van der Waals surface area contributed by atoms with Crippen molar-refractivity contribution in [2.24, 2.45) is 0 Å². The lowest BCUT2D eigenvalue weighted by molar-refractivity contribution is -0.115. The lowest BCUT2D eigenvalue weighted by Gasteiger charge is -2.14. The molecule has 2 N–H and O–H groups in total. The number of nitrogens with one attached hydrogen (secondary N) is 2. The number of rotatable bonds is 5. The number of hydrogen-bond donors (Lipinski definition) is 2. The van der Waals surface area contributed by atoms with Crippen molar-refractivity contribution < 1.29 is 4.79 Å². The molecule has 2 aromatic heterocycles. The quantitative estimate of drug-likeness (QED) is 0.398. The van der Waals surface area contributed by atoms with E-state index in [-0.39, 0.29) is 11.2 Å². The summed E-state index contributed by atoms with van der Waals surface area (Å²) in [5.74, 6) is 0.588. The first-order chi connectivity index (χ1) is 14.7. The predicted octanol–water partition coefficient (Wildman–Crippen LogP) is 5.00. The maximum absolute atomic E-state index is 13.0. The molecule has 0 bridgehead atoms. The van der Waals surface area contributed by atoms with Crippen LogP contribution < -0.4 is 5.32 Å². The molecule has 0 aliphatic heterocycles. The van der Waals surface area contributed by atoms with Gasteiger partial charge in [-0.15, -0.1) is 5.10 Å². The number of nitrogens with zero attached hydrogens (tertiary/aromatic N) is 3. The van der Waals surface area contributed by atoms with Gasteiger partial charge < -0.3 is 5.32 Å². The van der Waals surface area contributed by atoms with Crippen LogP contribution in [-0.4, -0.2) is 30.7 Å². The summed E-state index contributed by atoms with van der Waals surface area (Å²) in [6, 6.07) is 25.7. The van der Waals surface area contributed by atoms with Crippen LogP contribution in [0.1, 0.15) is 6.92 Å². The number of carbonyl (C=O) groups is 1. The third-order valence-electron chi connectivity index (χ3n) is 4.92. The highest BCUT2D eigenvalue weighted by Crippen LogP contribution is 2.30. The van der Waals surface area contributed by atoms with E-state index in [0.29, 0.717) is 10.9 Å². The van der Waals surface area contributed by atoms with E-state index >= 15 is 0 Å². The number of hydrogen-bond acceptors (Lipinski definition) is 4. The van der Waals surface area contributed by atoms with Crippen LogP contribution in [0, 0.1) is 0 Å². The second-order valence-electron chi connectivity index (χ2n) is 6.93. The van der Waals surface area contributed by atoms with Crippen molar-refractivity contribution >= 4 is 40.2 Å². The first kappa shape index (κ1) is 18.4. The summed E-state index contributed by atoms with van der Waals surface area (Å²) in [4.78, 5) is 17.5. The molecule has 0 fully saturated rings. The van der Waals surface area contributed by atoms with Gasteiger partial charge in [0, 0.05) is 11.3 Å². The highest BCUT2D eigenvalue weighted by molar-refractivity contribution is 8.00. The van der Waals surface area contributed by atoms with E-state index in [4.69, 9.17) is 0 Å². The normalized spacial score (nSPS) is 12.3. The molecular formula is C23H19N5OS. The number of fused-ring (bicyclic) bond motifs is 3. The average Bonchev–Trinajstić information content (AvgIpc) is 3.34. The Kier molecular flexibility index (Phi) is 4.72. The molecule has 0 spiro atoms. The second-order valence-corrected chi connectivity index (χ2v) is 8.23. The van der Waals surface area contributed by atoms with E-state index in [1.54, 1.807) is 0 Å². The number of H-pyrrole nitrogens is 1. The van der Waals surface area contributed by atoms with Crippen molar-refractivity contribution in [1.29, 1.82) is 0 Å². The van der Waals surface area contributed by atoms with Crippen molar-refractivity contribution in [3.63, 3.8) is 0 Å². The van der Waals surface area contributed by atoms with Crippen LogP contribution in [0.2, 0.25) is 0 Å². The molecule has 30 heavy (non-hydrogen) atoms. The largest absolute Gasteiger partial charge is 0.325 e. The lowest BCUT2D eigenvalue weighted by atomic mass is 10.0. The topological polar surface area (TPSA) is 75.1 Å². The van der Waals surface area contributed by atoms with Gasteiger partial charge in [0.25, 0.3) is 0 Å². The third kappa shape index (κ3) is 3.33. The summed E-state index contributed by atoms with van der Waals surface area (Å²) in [7, 11) is 0. The zero-order valence-electron chi connectivity index (χ0n) is 16.2. The number of thioether (sulfide) groups is 1. The summed E-state index contributed by atoms with van der Waals surface area (Å²) in [5.41, 5.74) is 4.70. The van der Waals surface area contributed by atoms with Crippen molar-refractivity contribution in [3.8, 4) is 11.1 Å². The van der Waals surface area contributed by atoms with Crippen molar-refractivity contribution in [1.82, 2.24) is 19.6 Å². The van der Waals surface area contributed by atoms with Gasteiger partial charge in [-0.25, -0.2) is 10.1 Å². The molecule has 5 aromatic rings. The zero-order chi connectivity index (χ0) is 20.5. The van der Waals surface area contributed by atoms with Crippen LogP contribution in [0.15, 0.2) is 84.0 Å². The number of aromatic amines is 1. The Hall–Kier alpha value is -3.58. The number of carbonyl (C=O) groups excluding carboxylic acids is 1. The predicted molar refractivity (Wildman–Crippen MR) is 121 cm³/mol. The van der Waals surface area contributed by atoms with Gasteiger partial charge in [0.05, 0.1) is 16.3 Å². The Morgan fingerprint density at radius 3 is 2.60 bits per heavy atom. The first-order valence-electron chi connectivity index (χ1n) is 9.64. The van der Waals surface area contributed by atoms with Crippen molar-refractivity contribution in [3.05, 3.63) is 78.9 Å². The molecule has 1 amide bonds. The van der Waals surface area contributed by atoms with Gasteiger partial charge in [0.1, 0.15) is 0 Å². The molecule has 0 saturated carbocycles. The number of imidazole rings is 1. The summed E-state index contributed by atoms with van der Waals surface area (Å²) in [6.07, 6.45) is 0. The second kappa shape index (κ2) is 7.68. The number of anilines is 1. The number of benzene rings is 3. The Morgan fingerprint density at radius 1 is 1.00 bits per heavy atom. The first-order valence-corrected chi connectivity index (χ1v) is 10.5. The minimum atomic E-state index is -0.346. The minimum Gasteiger partial charge on any atom is -0.325 e. The Balaban J connectivity index is 1.39. The minimum absolute atomic E-state index is 0.0797. The lowest BCUT2D eigenvalue weighted by Crippen LogP contribution is -2.23. The number of amides is 1. The molecule has 7 heteroatoms. The third-order valence-corrected chi connectivity index (χ3v) is 5.98. The van der Waals surface area contributed by atoms with E-state index in [9.17, 15) is 4.79 Å². The maximum Gasteiger partial charge on any atom is 0.237 e. The maximum atomic E-state index is 13.0. The molecule has 148 valence electrons. The fraction of sp³-hybridized carbons (Fsp3) is 0.0870. The molecule has 3 aromatic carbocycles. The van der Waals surface area contributed by atoms with Gasteiger partial charge in [-0.1, -0.05) is 72.4 Å². The van der Waals surface area contributed by atoms with E-state index < -0.39 is 0 Å². The number of para-hydroxylation sites is 3. The fourth-order valence-electron chi connectivity index (χ4n) is 3.43. The summed E-state index contributed by atoms with van der Waals surface area (Å²) < 4.78 is 1.95. The SMILES string of the molecule is C[C@@H](Sc1n[nH]c2nc3ccccc3n12)C(=O)Nc1ccccc1-c1ccccc1. The summed E-state index contributed by atoms with van der Waals surface area (Å²) in [5, 5.41) is 10.7. The highest BCUT2D eigenvalue weighted by Gasteiger charge is 2.20. The Labute approximate surface area is 177 Å². The van der Waals surface area contributed by atoms with Gasteiger partial charge in [-0.05, 0) is 30.7 Å². The summed E-state index contributed by atoms with van der Waals surface area (Å²) >= 11 is 1.40. The number of aromatic nitrogens is 4. The Morgan fingerprint density at radius 2 is 1.73 bits per heavy atom. The van der Waals surface area contributed by atoms with Gasteiger partial charge >= 0.3 is 0 Å². The monoisotopic (exact) mass is 413 g/mol. The van der Waals surface area contributed by atoms with E-state index in [1.807, 2.05) is 90.2 Å². The Bertz CT molecular complexity index is 1340. The zero-order valence-corrected chi connectivity index (χ0v) is 17.1. The van der Waals surface area contributed by atoms with Crippen LogP contribution in [0.4, 0.5) is 5.69 Å². The fourth-order valence-corrected chi connectivity index (χ4v) is 4.30. The van der Waals surface area contributed by atoms with E-state index in [2.05, 4.69) is 20.5 Å². The van der Waals surface area contributed by atoms with Gasteiger partial charge in [0.15, 0.2) is 5.16 Å². The van der Waals surface area contributed by atoms with E-state index in [0.717, 1.165) is 27.8 Å². The molecular weight excluding hydrogens is 394 g/mol. The van der Waals surface area contributed by atoms with Crippen LogP contribution in [0.3, 0.4) is 0 Å². The van der Waals surface area contributed by atoms with Crippen LogP contribution >= 0.6 is 11.8 Å². The smallest absolute Gasteiger partial charge is 0.237 e. The molecule has 0 unspecified atom stereocenters. The van der Waals surface area contributed by atoms with Gasteiger partial charge in [-0.3, -0.25) is 9.20 Å². The van der Waals surface area contributed by atoms with Crippen LogP contribution in [0.25, 0.3) is 27.9 Å². The molecule has 0 radical (unpaired) electrons. The summed E-state index contributed by atoms with van der Waals surface area (Å²) in [6.45, 7) is 1.88. The van der Waals surface area contributed by atoms with Crippen LogP contribution in [-0.2, 0) is 4.79 Å². The van der Waals surface area contributed by atoms with Crippen LogP contribution in [0.5, 0.6) is 0 Å². The van der Waals surface area contributed by atoms with Crippen molar-refractivity contribution in [2.75, 3.05) is 5.32 Å². The molecule has 5 rings (SSSR count). The van der Waals surface area contributed by atoms with Crippen molar-refractivity contribution in [2.45, 2.75) is 17.3 Å². The molecule has 0 saturated heterocycles. The standard InChI is InChI=1S/C23H19N5OS/c1-15(30-23-27-26-22-25-19-13-7-8-14-20(19)28(22)23)21(29)24-18-12-6-5-11-17(18)16-9-3-2-4-10-16/h2-15H,1H3,(H,24,29)(H,25,26)/t15-/m1/s1. The molecule has 6 nitrogen and oxygen atoms in total. The molecule has 2 heterocycles. The van der Waals surface area contributed by atoms with Gasteiger partial charge in [0.2, 0.25) is 11.7 Å². The van der Waals surface area contributed by atoms with Gasteiger partial charge in [-0.2, -0.15) is 0 Å².